The number of halogens is 1. The molecular formula is C16H18BrN5. The van der Waals surface area contributed by atoms with Gasteiger partial charge in [0.15, 0.2) is 0 Å². The molecule has 1 aromatic heterocycles. The predicted molar refractivity (Wildman–Crippen MR) is 91.4 cm³/mol. The van der Waals surface area contributed by atoms with E-state index in [9.17, 15) is 0 Å². The van der Waals surface area contributed by atoms with Crippen LogP contribution in [0.5, 0.6) is 0 Å². The first-order valence-corrected chi connectivity index (χ1v) is 8.21. The molecule has 1 unspecified atom stereocenters. The van der Waals surface area contributed by atoms with E-state index in [4.69, 9.17) is 5.73 Å². The summed E-state index contributed by atoms with van der Waals surface area (Å²) in [4.78, 5) is 13.1. The quantitative estimate of drug-likeness (QED) is 0.847. The fraction of sp³-hybridized carbons (Fsp3) is 0.375. The second-order valence-corrected chi connectivity index (χ2v) is 7.20. The van der Waals surface area contributed by atoms with Crippen molar-refractivity contribution in [1.82, 2.24) is 14.9 Å². The van der Waals surface area contributed by atoms with Gasteiger partial charge in [0.1, 0.15) is 5.82 Å². The summed E-state index contributed by atoms with van der Waals surface area (Å²) in [5, 5.41) is 0. The van der Waals surface area contributed by atoms with Gasteiger partial charge < -0.3 is 15.5 Å². The van der Waals surface area contributed by atoms with Crippen molar-refractivity contribution in [2.24, 2.45) is 0 Å². The Morgan fingerprint density at radius 2 is 2.14 bits per heavy atom. The molecule has 22 heavy (non-hydrogen) atoms. The largest absolute Gasteiger partial charge is 0.368 e. The molecule has 0 saturated carbocycles. The molecule has 2 aromatic rings. The lowest BCUT2D eigenvalue weighted by Gasteiger charge is -2.25. The van der Waals surface area contributed by atoms with Crippen molar-refractivity contribution in [1.29, 1.82) is 0 Å². The number of aromatic nitrogens is 2. The Kier molecular flexibility index (Phi) is 3.13. The molecule has 2 aliphatic heterocycles. The molecular weight excluding hydrogens is 342 g/mol. The second kappa shape index (κ2) is 4.93. The van der Waals surface area contributed by atoms with Crippen molar-refractivity contribution in [3.8, 4) is 0 Å². The molecule has 1 saturated heterocycles. The summed E-state index contributed by atoms with van der Waals surface area (Å²) >= 11 is 3.59. The molecule has 114 valence electrons. The maximum atomic E-state index is 5.78. The van der Waals surface area contributed by atoms with Crippen LogP contribution in [0.15, 0.2) is 34.9 Å². The molecule has 1 fully saturated rings. The van der Waals surface area contributed by atoms with Gasteiger partial charge in [-0.15, -0.1) is 0 Å². The van der Waals surface area contributed by atoms with Gasteiger partial charge in [-0.25, -0.2) is 4.98 Å². The van der Waals surface area contributed by atoms with Crippen LogP contribution in [0.3, 0.4) is 0 Å². The summed E-state index contributed by atoms with van der Waals surface area (Å²) in [6, 6.07) is 8.50. The number of hydrogen-bond acceptors (Lipinski definition) is 5. The van der Waals surface area contributed by atoms with Gasteiger partial charge in [0, 0.05) is 34.9 Å². The van der Waals surface area contributed by atoms with E-state index in [1.807, 2.05) is 6.07 Å². The van der Waals surface area contributed by atoms with E-state index >= 15 is 0 Å². The van der Waals surface area contributed by atoms with E-state index < -0.39 is 0 Å². The Morgan fingerprint density at radius 3 is 2.86 bits per heavy atom. The van der Waals surface area contributed by atoms with Gasteiger partial charge in [-0.2, -0.15) is 4.98 Å². The third kappa shape index (κ3) is 2.09. The number of fused-ring (bicyclic) bond motifs is 2. The fourth-order valence-electron chi connectivity index (χ4n) is 3.80. The van der Waals surface area contributed by atoms with Crippen LogP contribution in [-0.2, 0) is 5.41 Å². The second-order valence-electron chi connectivity index (χ2n) is 6.29. The number of nitrogens with zero attached hydrogens (tertiary/aromatic N) is 4. The average Bonchev–Trinajstić information content (AvgIpc) is 3.01. The molecule has 0 aliphatic carbocycles. The minimum absolute atomic E-state index is 0.185. The number of benzene rings is 1. The molecule has 5 nitrogen and oxygen atoms in total. The molecule has 0 amide bonds. The smallest absolute Gasteiger partial charge is 0.221 e. The number of nitrogen functional groups attached to an aromatic ring is 1. The van der Waals surface area contributed by atoms with Crippen LogP contribution < -0.4 is 10.6 Å². The topological polar surface area (TPSA) is 58.3 Å². The number of anilines is 3. The first kappa shape index (κ1) is 14.0. The minimum Gasteiger partial charge on any atom is -0.368 e. The molecule has 1 aromatic carbocycles. The number of nitrogens with two attached hydrogens (primary N) is 1. The molecule has 4 rings (SSSR count). The lowest BCUT2D eigenvalue weighted by Crippen LogP contribution is -2.34. The summed E-state index contributed by atoms with van der Waals surface area (Å²) in [5.41, 5.74) is 8.60. The van der Waals surface area contributed by atoms with Crippen LogP contribution >= 0.6 is 15.9 Å². The zero-order valence-electron chi connectivity index (χ0n) is 12.5. The Bertz CT molecular complexity index is 734. The molecule has 3 heterocycles. The normalized spacial score (nSPS) is 24.2. The Labute approximate surface area is 138 Å². The molecule has 0 radical (unpaired) electrons. The van der Waals surface area contributed by atoms with Crippen LogP contribution in [0.1, 0.15) is 12.0 Å². The molecule has 1 spiro atoms. The average molecular weight is 360 g/mol. The first-order chi connectivity index (χ1) is 10.6. The van der Waals surface area contributed by atoms with Crippen LogP contribution in [0.25, 0.3) is 0 Å². The third-order valence-corrected chi connectivity index (χ3v) is 5.26. The highest BCUT2D eigenvalue weighted by atomic mass is 79.9. The van der Waals surface area contributed by atoms with E-state index in [2.05, 4.69) is 60.9 Å². The van der Waals surface area contributed by atoms with Gasteiger partial charge in [0.25, 0.3) is 0 Å². The van der Waals surface area contributed by atoms with E-state index in [1.165, 1.54) is 17.7 Å². The summed E-state index contributed by atoms with van der Waals surface area (Å²) < 4.78 is 1.08. The van der Waals surface area contributed by atoms with Crippen molar-refractivity contribution in [2.75, 3.05) is 37.3 Å². The molecule has 2 aliphatic rings. The lowest BCUT2D eigenvalue weighted by atomic mass is 9.82. The summed E-state index contributed by atoms with van der Waals surface area (Å²) in [6.45, 7) is 3.16. The zero-order chi connectivity index (χ0) is 15.3. The van der Waals surface area contributed by atoms with Crippen LogP contribution in [0.4, 0.5) is 17.5 Å². The van der Waals surface area contributed by atoms with Gasteiger partial charge >= 0.3 is 0 Å². The van der Waals surface area contributed by atoms with E-state index in [1.54, 1.807) is 6.20 Å². The van der Waals surface area contributed by atoms with Crippen molar-refractivity contribution in [3.05, 3.63) is 40.5 Å². The molecule has 1 atom stereocenters. The lowest BCUT2D eigenvalue weighted by molar-refractivity contribution is 0.378. The molecule has 6 heteroatoms. The molecule has 0 bridgehead atoms. The standard InChI is InChI=1S/C16H18BrN5/c1-21-7-5-16(9-21)10-22(14-4-6-19-15(18)20-14)13-8-11(17)2-3-12(13)16/h2-4,6,8H,5,7,9-10H2,1H3,(H2,18,19,20). The monoisotopic (exact) mass is 359 g/mol. The Hall–Kier alpha value is -1.66. The van der Waals surface area contributed by atoms with E-state index in [-0.39, 0.29) is 5.41 Å². The highest BCUT2D eigenvalue weighted by Crippen LogP contribution is 2.49. The van der Waals surface area contributed by atoms with Gasteiger partial charge in [-0.1, -0.05) is 22.0 Å². The molecule has 2 N–H and O–H groups in total. The third-order valence-electron chi connectivity index (χ3n) is 4.76. The number of likely N-dealkylation sites (N-methyl/N-ethyl adjacent to an activating group) is 1. The fourth-order valence-corrected chi connectivity index (χ4v) is 4.15. The predicted octanol–water partition coefficient (Wildman–Crippen LogP) is 2.55. The number of likely N-dealkylation sites (tertiary alicyclic amines) is 1. The van der Waals surface area contributed by atoms with Crippen LogP contribution in [0.2, 0.25) is 0 Å². The van der Waals surface area contributed by atoms with Crippen molar-refractivity contribution in [3.63, 3.8) is 0 Å². The van der Waals surface area contributed by atoms with Gasteiger partial charge in [0.2, 0.25) is 5.95 Å². The van der Waals surface area contributed by atoms with Gasteiger partial charge in [0.05, 0.1) is 0 Å². The van der Waals surface area contributed by atoms with Crippen LogP contribution in [0, 0.1) is 0 Å². The summed E-state index contributed by atoms with van der Waals surface area (Å²) in [6.07, 6.45) is 2.90. The van der Waals surface area contributed by atoms with Crippen molar-refractivity contribution in [2.45, 2.75) is 11.8 Å². The maximum absolute atomic E-state index is 5.78. The highest BCUT2D eigenvalue weighted by molar-refractivity contribution is 9.10. The summed E-state index contributed by atoms with van der Waals surface area (Å²) in [7, 11) is 2.19. The summed E-state index contributed by atoms with van der Waals surface area (Å²) in [5.74, 6) is 1.19. The zero-order valence-corrected chi connectivity index (χ0v) is 14.0. The maximum Gasteiger partial charge on any atom is 0.221 e. The number of hydrogen-bond donors (Lipinski definition) is 1. The van der Waals surface area contributed by atoms with E-state index in [0.717, 1.165) is 29.9 Å². The Morgan fingerprint density at radius 1 is 1.27 bits per heavy atom. The van der Waals surface area contributed by atoms with Gasteiger partial charge in [-0.3, -0.25) is 0 Å². The minimum atomic E-state index is 0.185. The van der Waals surface area contributed by atoms with Crippen LogP contribution in [-0.4, -0.2) is 41.5 Å². The first-order valence-electron chi connectivity index (χ1n) is 7.42. The van der Waals surface area contributed by atoms with E-state index in [0.29, 0.717) is 5.95 Å². The SMILES string of the molecule is CN1CCC2(C1)CN(c1ccnc(N)n1)c1cc(Br)ccc12. The van der Waals surface area contributed by atoms with Crippen molar-refractivity contribution >= 4 is 33.4 Å². The Balaban J connectivity index is 1.84. The highest BCUT2D eigenvalue weighted by Gasteiger charge is 2.47. The van der Waals surface area contributed by atoms with Gasteiger partial charge in [-0.05, 0) is 43.8 Å². The van der Waals surface area contributed by atoms with Crippen molar-refractivity contribution < 1.29 is 0 Å². The number of rotatable bonds is 1.